The van der Waals surface area contributed by atoms with Crippen LogP contribution in [0.25, 0.3) is 0 Å². The molecule has 1 nitrogen and oxygen atoms in total. The Hall–Kier alpha value is -0.760. The molecule has 0 bridgehead atoms. The third-order valence-electron chi connectivity index (χ3n) is 5.52. The fraction of sp³-hybridized carbons (Fsp3) is 0.700. The lowest BCUT2D eigenvalue weighted by Gasteiger charge is -2.53. The Morgan fingerprint density at radius 3 is 1.83 bits per heavy atom. The predicted molar refractivity (Wildman–Crippen MR) is 99.1 cm³/mol. The van der Waals surface area contributed by atoms with Gasteiger partial charge >= 0.3 is 0 Å². The topological polar surface area (TPSA) is 3.24 Å². The van der Waals surface area contributed by atoms with Crippen LogP contribution in [0.4, 0.5) is 10.1 Å². The molecule has 0 radical (unpaired) electrons. The van der Waals surface area contributed by atoms with Crippen LogP contribution < -0.4 is 4.90 Å². The van der Waals surface area contributed by atoms with Crippen molar-refractivity contribution in [1.82, 2.24) is 0 Å². The molecule has 1 aromatic rings. The SMILES string of the molecule is CC(C)(C)N1CC(C(C)(C)C)(C(C)(C)C)c2c(Cl)cc(F)cc21. The highest BCUT2D eigenvalue weighted by molar-refractivity contribution is 6.32. The molecule has 1 aromatic carbocycles. The number of rotatable bonds is 0. The first-order valence-electron chi connectivity index (χ1n) is 8.40. The molecule has 1 aliphatic heterocycles. The van der Waals surface area contributed by atoms with E-state index < -0.39 is 0 Å². The third kappa shape index (κ3) is 2.67. The summed E-state index contributed by atoms with van der Waals surface area (Å²) in [6.45, 7) is 21.0. The number of benzene rings is 1. The predicted octanol–water partition coefficient (Wildman–Crippen LogP) is 6.43. The number of fused-ring (bicyclic) bond motifs is 1. The van der Waals surface area contributed by atoms with Gasteiger partial charge in [-0.15, -0.1) is 0 Å². The van der Waals surface area contributed by atoms with E-state index in [1.165, 1.54) is 6.07 Å². The van der Waals surface area contributed by atoms with Crippen molar-refractivity contribution in [3.8, 4) is 0 Å². The summed E-state index contributed by atoms with van der Waals surface area (Å²) >= 11 is 6.62. The molecule has 130 valence electrons. The first-order chi connectivity index (χ1) is 10.1. The van der Waals surface area contributed by atoms with Gasteiger partial charge in [0, 0.05) is 33.8 Å². The Morgan fingerprint density at radius 1 is 0.957 bits per heavy atom. The minimum atomic E-state index is -0.262. The van der Waals surface area contributed by atoms with Gasteiger partial charge < -0.3 is 4.90 Å². The van der Waals surface area contributed by atoms with Gasteiger partial charge in [-0.25, -0.2) is 4.39 Å². The fourth-order valence-electron chi connectivity index (χ4n) is 4.54. The van der Waals surface area contributed by atoms with Crippen LogP contribution in [0, 0.1) is 16.6 Å². The van der Waals surface area contributed by atoms with Crippen LogP contribution in [0.5, 0.6) is 0 Å². The van der Waals surface area contributed by atoms with E-state index >= 15 is 0 Å². The molecule has 1 heterocycles. The van der Waals surface area contributed by atoms with Crippen molar-refractivity contribution < 1.29 is 4.39 Å². The van der Waals surface area contributed by atoms with Gasteiger partial charge in [-0.2, -0.15) is 0 Å². The zero-order valence-corrected chi connectivity index (χ0v) is 16.8. The number of halogens is 2. The fourth-order valence-corrected chi connectivity index (χ4v) is 4.91. The summed E-state index contributed by atoms with van der Waals surface area (Å²) < 4.78 is 14.1. The second-order valence-electron chi connectivity index (χ2n) is 9.94. The first-order valence-corrected chi connectivity index (χ1v) is 8.78. The zero-order chi connectivity index (χ0) is 18.0. The summed E-state index contributed by atoms with van der Waals surface area (Å²) in [6.07, 6.45) is 0. The molecular formula is C20H31ClFN. The van der Waals surface area contributed by atoms with Gasteiger partial charge in [0.2, 0.25) is 0 Å². The van der Waals surface area contributed by atoms with E-state index in [9.17, 15) is 4.39 Å². The molecule has 0 aliphatic carbocycles. The molecule has 0 amide bonds. The maximum Gasteiger partial charge on any atom is 0.126 e. The molecule has 0 saturated carbocycles. The minimum Gasteiger partial charge on any atom is -0.365 e. The molecule has 0 fully saturated rings. The molecule has 0 saturated heterocycles. The highest BCUT2D eigenvalue weighted by Gasteiger charge is 2.59. The van der Waals surface area contributed by atoms with Crippen LogP contribution in [0.1, 0.15) is 67.9 Å². The van der Waals surface area contributed by atoms with Crippen LogP contribution in [0.2, 0.25) is 5.02 Å². The third-order valence-corrected chi connectivity index (χ3v) is 5.82. The Kier molecular flexibility index (Phi) is 4.13. The van der Waals surface area contributed by atoms with E-state index in [0.29, 0.717) is 5.02 Å². The summed E-state index contributed by atoms with van der Waals surface area (Å²) in [5.74, 6) is -0.262. The Balaban J connectivity index is 2.91. The molecule has 1 aliphatic rings. The number of hydrogen-bond donors (Lipinski definition) is 0. The molecule has 0 N–H and O–H groups in total. The van der Waals surface area contributed by atoms with Crippen molar-refractivity contribution in [1.29, 1.82) is 0 Å². The largest absolute Gasteiger partial charge is 0.365 e. The lowest BCUT2D eigenvalue weighted by atomic mass is 9.52. The highest BCUT2D eigenvalue weighted by Crippen LogP contribution is 2.62. The van der Waals surface area contributed by atoms with E-state index in [1.807, 2.05) is 0 Å². The van der Waals surface area contributed by atoms with Gasteiger partial charge in [0.05, 0.1) is 0 Å². The van der Waals surface area contributed by atoms with Crippen molar-refractivity contribution in [3.05, 3.63) is 28.5 Å². The van der Waals surface area contributed by atoms with Crippen LogP contribution in [-0.2, 0) is 5.41 Å². The lowest BCUT2D eigenvalue weighted by molar-refractivity contribution is 0.0636. The molecular weight excluding hydrogens is 309 g/mol. The van der Waals surface area contributed by atoms with Crippen LogP contribution in [-0.4, -0.2) is 12.1 Å². The molecule has 0 unspecified atom stereocenters. The quantitative estimate of drug-likeness (QED) is 0.526. The van der Waals surface area contributed by atoms with Gasteiger partial charge in [-0.05, 0) is 43.7 Å². The zero-order valence-electron chi connectivity index (χ0n) is 16.1. The number of nitrogens with zero attached hydrogens (tertiary/aromatic N) is 1. The van der Waals surface area contributed by atoms with Crippen molar-refractivity contribution in [2.45, 2.75) is 73.3 Å². The van der Waals surface area contributed by atoms with Crippen LogP contribution in [0.3, 0.4) is 0 Å². The summed E-state index contributed by atoms with van der Waals surface area (Å²) in [5, 5.41) is 0.552. The molecule has 0 atom stereocenters. The minimum absolute atomic E-state index is 0.0124. The van der Waals surface area contributed by atoms with Crippen molar-refractivity contribution in [2.24, 2.45) is 10.8 Å². The monoisotopic (exact) mass is 339 g/mol. The molecule has 23 heavy (non-hydrogen) atoms. The highest BCUT2D eigenvalue weighted by atomic mass is 35.5. The second-order valence-corrected chi connectivity index (χ2v) is 10.4. The van der Waals surface area contributed by atoms with E-state index in [1.54, 1.807) is 6.07 Å². The van der Waals surface area contributed by atoms with Crippen molar-refractivity contribution >= 4 is 17.3 Å². The molecule has 3 heteroatoms. The van der Waals surface area contributed by atoms with Gasteiger partial charge in [0.1, 0.15) is 5.82 Å². The van der Waals surface area contributed by atoms with E-state index in [4.69, 9.17) is 11.6 Å². The summed E-state index contributed by atoms with van der Waals surface area (Å²) in [5.41, 5.74) is 1.78. The first kappa shape index (κ1) is 18.6. The average Bonchev–Trinajstić information content (AvgIpc) is 2.63. The Labute approximate surface area is 146 Å². The van der Waals surface area contributed by atoms with E-state index in [0.717, 1.165) is 17.8 Å². The Morgan fingerprint density at radius 2 is 1.43 bits per heavy atom. The van der Waals surface area contributed by atoms with Gasteiger partial charge in [-0.3, -0.25) is 0 Å². The van der Waals surface area contributed by atoms with Crippen molar-refractivity contribution in [2.75, 3.05) is 11.4 Å². The van der Waals surface area contributed by atoms with E-state index in [2.05, 4.69) is 67.2 Å². The van der Waals surface area contributed by atoms with Gasteiger partial charge in [0.15, 0.2) is 0 Å². The molecule has 0 aromatic heterocycles. The normalized spacial score (nSPS) is 18.3. The average molecular weight is 340 g/mol. The van der Waals surface area contributed by atoms with Crippen molar-refractivity contribution in [3.63, 3.8) is 0 Å². The molecule has 2 rings (SSSR count). The summed E-state index contributed by atoms with van der Waals surface area (Å²) in [4.78, 5) is 2.33. The van der Waals surface area contributed by atoms with Gasteiger partial charge in [-0.1, -0.05) is 53.1 Å². The van der Waals surface area contributed by atoms with Crippen LogP contribution in [0.15, 0.2) is 12.1 Å². The summed E-state index contributed by atoms with van der Waals surface area (Å²) in [6, 6.07) is 3.13. The Bertz CT molecular complexity index is 600. The van der Waals surface area contributed by atoms with Gasteiger partial charge in [0.25, 0.3) is 0 Å². The second kappa shape index (κ2) is 5.12. The summed E-state index contributed by atoms with van der Waals surface area (Å²) in [7, 11) is 0. The molecule has 0 spiro atoms. The maximum atomic E-state index is 14.1. The smallest absolute Gasteiger partial charge is 0.126 e. The maximum absolute atomic E-state index is 14.1. The number of anilines is 1. The van der Waals surface area contributed by atoms with E-state index in [-0.39, 0.29) is 27.6 Å². The standard InChI is InChI=1S/C20H31ClFN/c1-17(2,3)20(18(4,5)6)12-23(19(7,8)9)15-11-13(22)10-14(21)16(15)20/h10-11H,12H2,1-9H3. The lowest BCUT2D eigenvalue weighted by Crippen LogP contribution is -2.55. The number of hydrogen-bond acceptors (Lipinski definition) is 1. The van der Waals surface area contributed by atoms with Crippen LogP contribution >= 0.6 is 11.6 Å².